The van der Waals surface area contributed by atoms with Crippen LogP contribution in [0.5, 0.6) is 0 Å². The third kappa shape index (κ3) is 7.29. The molecule has 0 N–H and O–H groups in total. The lowest BCUT2D eigenvalue weighted by molar-refractivity contribution is -0.156. The SMILES string of the molecule is CCc1ccc(CCOCCC(=O)OC(C)(C)C)cc1. The average Bonchev–Trinajstić information content (AvgIpc) is 2.37. The first kappa shape index (κ1) is 16.7. The molecule has 1 aromatic carbocycles. The van der Waals surface area contributed by atoms with Crippen LogP contribution < -0.4 is 0 Å². The summed E-state index contributed by atoms with van der Waals surface area (Å²) in [4.78, 5) is 11.5. The lowest BCUT2D eigenvalue weighted by Crippen LogP contribution is -2.24. The van der Waals surface area contributed by atoms with Crippen LogP contribution in [0.15, 0.2) is 24.3 Å². The zero-order valence-corrected chi connectivity index (χ0v) is 13.1. The molecule has 3 heteroatoms. The number of carbonyl (C=O) groups excluding carboxylic acids is 1. The van der Waals surface area contributed by atoms with Crippen LogP contribution in [0.25, 0.3) is 0 Å². The lowest BCUT2D eigenvalue weighted by atomic mass is 10.1. The molecule has 0 aliphatic rings. The summed E-state index contributed by atoms with van der Waals surface area (Å²) in [5.41, 5.74) is 2.19. The highest BCUT2D eigenvalue weighted by Gasteiger charge is 2.15. The van der Waals surface area contributed by atoms with Crippen molar-refractivity contribution in [3.63, 3.8) is 0 Å². The fourth-order valence-electron chi connectivity index (χ4n) is 1.78. The molecular weight excluding hydrogens is 252 g/mol. The molecule has 0 heterocycles. The van der Waals surface area contributed by atoms with Crippen LogP contribution >= 0.6 is 0 Å². The molecule has 0 fully saturated rings. The highest BCUT2D eigenvalue weighted by Crippen LogP contribution is 2.08. The molecule has 0 spiro atoms. The predicted molar refractivity (Wildman–Crippen MR) is 80.8 cm³/mol. The highest BCUT2D eigenvalue weighted by molar-refractivity contribution is 5.69. The van der Waals surface area contributed by atoms with E-state index in [9.17, 15) is 4.79 Å². The smallest absolute Gasteiger partial charge is 0.308 e. The molecule has 0 aliphatic carbocycles. The van der Waals surface area contributed by atoms with Crippen molar-refractivity contribution in [3.05, 3.63) is 35.4 Å². The Balaban J connectivity index is 2.14. The van der Waals surface area contributed by atoms with Gasteiger partial charge in [0.2, 0.25) is 0 Å². The molecule has 1 aromatic rings. The van der Waals surface area contributed by atoms with Gasteiger partial charge in [-0.2, -0.15) is 0 Å². The van der Waals surface area contributed by atoms with Gasteiger partial charge in [0.15, 0.2) is 0 Å². The second-order valence-corrected chi connectivity index (χ2v) is 5.87. The molecule has 0 unspecified atom stereocenters. The van der Waals surface area contributed by atoms with Crippen LogP contribution in [0.4, 0.5) is 0 Å². The van der Waals surface area contributed by atoms with Gasteiger partial charge >= 0.3 is 5.97 Å². The topological polar surface area (TPSA) is 35.5 Å². The van der Waals surface area contributed by atoms with Crippen LogP contribution in [0.1, 0.15) is 45.2 Å². The van der Waals surface area contributed by atoms with Crippen LogP contribution in [0.3, 0.4) is 0 Å². The molecule has 0 aliphatic heterocycles. The summed E-state index contributed by atoms with van der Waals surface area (Å²) < 4.78 is 10.7. The molecule has 0 saturated heterocycles. The van der Waals surface area contributed by atoms with Gasteiger partial charge in [0.1, 0.15) is 5.60 Å². The van der Waals surface area contributed by atoms with Gasteiger partial charge in [-0.3, -0.25) is 4.79 Å². The third-order valence-corrected chi connectivity index (χ3v) is 2.84. The quantitative estimate of drug-likeness (QED) is 0.565. The van der Waals surface area contributed by atoms with Crippen molar-refractivity contribution in [2.75, 3.05) is 13.2 Å². The van der Waals surface area contributed by atoms with E-state index in [0.29, 0.717) is 19.6 Å². The maximum atomic E-state index is 11.5. The molecule has 3 nitrogen and oxygen atoms in total. The molecule has 0 bridgehead atoms. The van der Waals surface area contributed by atoms with Crippen molar-refractivity contribution in [3.8, 4) is 0 Å². The second-order valence-electron chi connectivity index (χ2n) is 5.87. The van der Waals surface area contributed by atoms with Gasteiger partial charge in [0, 0.05) is 0 Å². The number of carbonyl (C=O) groups is 1. The summed E-state index contributed by atoms with van der Waals surface area (Å²) in [5, 5.41) is 0. The summed E-state index contributed by atoms with van der Waals surface area (Å²) in [7, 11) is 0. The van der Waals surface area contributed by atoms with Gasteiger partial charge in [0.25, 0.3) is 0 Å². The van der Waals surface area contributed by atoms with Gasteiger partial charge in [-0.25, -0.2) is 0 Å². The number of benzene rings is 1. The average molecular weight is 278 g/mol. The molecule has 1 rings (SSSR count). The number of hydrogen-bond acceptors (Lipinski definition) is 3. The lowest BCUT2D eigenvalue weighted by Gasteiger charge is -2.19. The van der Waals surface area contributed by atoms with Gasteiger partial charge in [0.05, 0.1) is 19.6 Å². The van der Waals surface area contributed by atoms with Crippen molar-refractivity contribution in [1.29, 1.82) is 0 Å². The van der Waals surface area contributed by atoms with E-state index in [0.717, 1.165) is 12.8 Å². The monoisotopic (exact) mass is 278 g/mol. The van der Waals surface area contributed by atoms with E-state index in [1.165, 1.54) is 11.1 Å². The minimum absolute atomic E-state index is 0.204. The van der Waals surface area contributed by atoms with Crippen LogP contribution in [-0.2, 0) is 27.1 Å². The highest BCUT2D eigenvalue weighted by atomic mass is 16.6. The van der Waals surface area contributed by atoms with Gasteiger partial charge in [-0.1, -0.05) is 31.2 Å². The van der Waals surface area contributed by atoms with Crippen LogP contribution in [0.2, 0.25) is 0 Å². The van der Waals surface area contributed by atoms with E-state index in [2.05, 4.69) is 31.2 Å². The van der Waals surface area contributed by atoms with Crippen molar-refractivity contribution >= 4 is 5.97 Å². The summed E-state index contributed by atoms with van der Waals surface area (Å²) >= 11 is 0. The number of ether oxygens (including phenoxy) is 2. The van der Waals surface area contributed by atoms with Gasteiger partial charge in [-0.05, 0) is 44.7 Å². The minimum atomic E-state index is -0.419. The molecule has 0 radical (unpaired) electrons. The van der Waals surface area contributed by atoms with E-state index < -0.39 is 5.60 Å². The maximum Gasteiger partial charge on any atom is 0.308 e. The zero-order valence-electron chi connectivity index (χ0n) is 13.1. The number of rotatable bonds is 7. The molecule has 0 saturated carbocycles. The predicted octanol–water partition coefficient (Wildman–Crippen LogP) is 3.54. The van der Waals surface area contributed by atoms with E-state index in [4.69, 9.17) is 9.47 Å². The Labute approximate surface area is 122 Å². The zero-order chi connectivity index (χ0) is 15.0. The first-order chi connectivity index (χ1) is 9.40. The Kier molecular flexibility index (Phi) is 6.73. The van der Waals surface area contributed by atoms with Gasteiger partial charge < -0.3 is 9.47 Å². The van der Waals surface area contributed by atoms with E-state index >= 15 is 0 Å². The summed E-state index contributed by atoms with van der Waals surface area (Å²) in [6.45, 7) is 8.80. The van der Waals surface area contributed by atoms with Crippen molar-refractivity contribution in [2.24, 2.45) is 0 Å². The third-order valence-electron chi connectivity index (χ3n) is 2.84. The first-order valence-electron chi connectivity index (χ1n) is 7.28. The van der Waals surface area contributed by atoms with Crippen molar-refractivity contribution in [1.82, 2.24) is 0 Å². The van der Waals surface area contributed by atoms with Gasteiger partial charge in [-0.15, -0.1) is 0 Å². The molecule has 112 valence electrons. The first-order valence-corrected chi connectivity index (χ1v) is 7.28. The largest absolute Gasteiger partial charge is 0.460 e. The Morgan fingerprint density at radius 3 is 2.20 bits per heavy atom. The molecule has 20 heavy (non-hydrogen) atoms. The fourth-order valence-corrected chi connectivity index (χ4v) is 1.78. The fraction of sp³-hybridized carbons (Fsp3) is 0.588. The Morgan fingerprint density at radius 1 is 1.05 bits per heavy atom. The number of hydrogen-bond donors (Lipinski definition) is 0. The standard InChI is InChI=1S/C17H26O3/c1-5-14-6-8-15(9-7-14)10-12-19-13-11-16(18)20-17(2,3)4/h6-9H,5,10-13H2,1-4H3. The van der Waals surface area contributed by atoms with Crippen molar-refractivity contribution in [2.45, 2.75) is 52.6 Å². The Hall–Kier alpha value is -1.35. The summed E-state index contributed by atoms with van der Waals surface area (Å²) in [6.07, 6.45) is 2.25. The molecule has 0 atom stereocenters. The maximum absolute atomic E-state index is 11.5. The van der Waals surface area contributed by atoms with E-state index in [1.807, 2.05) is 20.8 Å². The summed E-state index contributed by atoms with van der Waals surface area (Å²) in [5.74, 6) is -0.204. The van der Waals surface area contributed by atoms with Crippen molar-refractivity contribution < 1.29 is 14.3 Å². The number of aryl methyl sites for hydroxylation is 1. The Bertz CT molecular complexity index is 401. The minimum Gasteiger partial charge on any atom is -0.460 e. The van der Waals surface area contributed by atoms with Crippen LogP contribution in [0, 0.1) is 0 Å². The summed E-state index contributed by atoms with van der Waals surface area (Å²) in [6, 6.07) is 8.57. The van der Waals surface area contributed by atoms with E-state index in [-0.39, 0.29) is 5.97 Å². The molecule has 0 amide bonds. The van der Waals surface area contributed by atoms with E-state index in [1.54, 1.807) is 0 Å². The molecule has 0 aromatic heterocycles. The second kappa shape index (κ2) is 8.05. The van der Waals surface area contributed by atoms with Crippen LogP contribution in [-0.4, -0.2) is 24.8 Å². The Morgan fingerprint density at radius 2 is 1.65 bits per heavy atom. The normalized spacial score (nSPS) is 11.4. The number of esters is 1. The molecular formula is C17H26O3.